The van der Waals surface area contributed by atoms with Crippen LogP contribution in [0.3, 0.4) is 0 Å². The van der Waals surface area contributed by atoms with Crippen LogP contribution < -0.4 is 5.32 Å². The standard InChI is InChI=1S/C13H14N4/c1-17-10-12(9-16-17)5-6-15-13-4-2-3-11(7-13)8-14/h2-4,7,9-10,15H,5-6H2,1H3. The number of nitrogens with zero attached hydrogens (tertiary/aromatic N) is 3. The molecule has 2 rings (SSSR count). The fraction of sp³-hybridized carbons (Fsp3) is 0.231. The lowest BCUT2D eigenvalue weighted by Gasteiger charge is -2.05. The van der Waals surface area contributed by atoms with Gasteiger partial charge in [-0.25, -0.2) is 0 Å². The van der Waals surface area contributed by atoms with E-state index in [9.17, 15) is 0 Å². The van der Waals surface area contributed by atoms with Crippen LogP contribution in [0.4, 0.5) is 5.69 Å². The van der Waals surface area contributed by atoms with Crippen molar-refractivity contribution in [3.8, 4) is 6.07 Å². The van der Waals surface area contributed by atoms with Gasteiger partial charge in [0.2, 0.25) is 0 Å². The molecule has 0 aliphatic rings. The molecule has 0 atom stereocenters. The number of benzene rings is 1. The fourth-order valence-corrected chi connectivity index (χ4v) is 1.65. The predicted molar refractivity (Wildman–Crippen MR) is 66.6 cm³/mol. The average Bonchev–Trinajstić information content (AvgIpc) is 2.75. The van der Waals surface area contributed by atoms with Gasteiger partial charge in [-0.3, -0.25) is 4.68 Å². The van der Waals surface area contributed by atoms with E-state index in [1.165, 1.54) is 5.56 Å². The first-order valence-electron chi connectivity index (χ1n) is 5.49. The largest absolute Gasteiger partial charge is 0.385 e. The molecule has 0 spiro atoms. The highest BCUT2D eigenvalue weighted by atomic mass is 15.2. The second-order valence-electron chi connectivity index (χ2n) is 3.89. The van der Waals surface area contributed by atoms with Crippen LogP contribution in [0.1, 0.15) is 11.1 Å². The number of hydrogen-bond donors (Lipinski definition) is 1. The molecule has 0 saturated heterocycles. The minimum atomic E-state index is 0.677. The van der Waals surface area contributed by atoms with Crippen molar-refractivity contribution < 1.29 is 0 Å². The third-order valence-electron chi connectivity index (χ3n) is 2.49. The predicted octanol–water partition coefficient (Wildman–Crippen LogP) is 1.95. The molecule has 1 aromatic heterocycles. The Labute approximate surface area is 100 Å². The lowest BCUT2D eigenvalue weighted by atomic mass is 10.2. The summed E-state index contributed by atoms with van der Waals surface area (Å²) in [5, 5.41) is 16.2. The van der Waals surface area contributed by atoms with Crippen LogP contribution in [0.15, 0.2) is 36.7 Å². The van der Waals surface area contributed by atoms with E-state index < -0.39 is 0 Å². The molecule has 0 fully saturated rings. The summed E-state index contributed by atoms with van der Waals surface area (Å²) < 4.78 is 1.80. The lowest BCUT2D eigenvalue weighted by molar-refractivity contribution is 0.767. The van der Waals surface area contributed by atoms with E-state index in [0.29, 0.717) is 5.56 Å². The first-order valence-corrected chi connectivity index (χ1v) is 5.49. The second kappa shape index (κ2) is 5.17. The Morgan fingerprint density at radius 1 is 1.47 bits per heavy atom. The van der Waals surface area contributed by atoms with E-state index in [0.717, 1.165) is 18.7 Å². The van der Waals surface area contributed by atoms with Crippen molar-refractivity contribution in [3.63, 3.8) is 0 Å². The van der Waals surface area contributed by atoms with Gasteiger partial charge in [0.1, 0.15) is 0 Å². The van der Waals surface area contributed by atoms with Crippen LogP contribution in [0, 0.1) is 11.3 Å². The van der Waals surface area contributed by atoms with Crippen LogP contribution in [-0.4, -0.2) is 16.3 Å². The van der Waals surface area contributed by atoms with Crippen molar-refractivity contribution in [2.45, 2.75) is 6.42 Å². The number of anilines is 1. The summed E-state index contributed by atoms with van der Waals surface area (Å²) >= 11 is 0. The summed E-state index contributed by atoms with van der Waals surface area (Å²) in [6, 6.07) is 9.62. The van der Waals surface area contributed by atoms with Gasteiger partial charge >= 0.3 is 0 Å². The molecule has 1 heterocycles. The maximum absolute atomic E-state index is 8.78. The monoisotopic (exact) mass is 226 g/mol. The summed E-state index contributed by atoms with van der Waals surface area (Å²) in [6.07, 6.45) is 4.80. The van der Waals surface area contributed by atoms with E-state index in [1.54, 1.807) is 10.7 Å². The molecule has 2 aromatic rings. The molecule has 4 nitrogen and oxygen atoms in total. The Kier molecular flexibility index (Phi) is 3.41. The molecular weight excluding hydrogens is 212 g/mol. The lowest BCUT2D eigenvalue weighted by Crippen LogP contribution is -2.04. The van der Waals surface area contributed by atoms with Crippen molar-refractivity contribution in [2.75, 3.05) is 11.9 Å². The van der Waals surface area contributed by atoms with Gasteiger partial charge in [-0.15, -0.1) is 0 Å². The van der Waals surface area contributed by atoms with Gasteiger partial charge in [0.05, 0.1) is 17.8 Å². The second-order valence-corrected chi connectivity index (χ2v) is 3.89. The minimum absolute atomic E-state index is 0.677. The van der Waals surface area contributed by atoms with E-state index in [-0.39, 0.29) is 0 Å². The molecule has 86 valence electrons. The molecule has 0 aliphatic carbocycles. The SMILES string of the molecule is Cn1cc(CCNc2cccc(C#N)c2)cn1. The molecule has 17 heavy (non-hydrogen) atoms. The summed E-state index contributed by atoms with van der Waals surface area (Å²) in [7, 11) is 1.91. The van der Waals surface area contributed by atoms with Crippen LogP contribution in [0.5, 0.6) is 0 Å². The third-order valence-corrected chi connectivity index (χ3v) is 2.49. The Morgan fingerprint density at radius 3 is 3.06 bits per heavy atom. The molecule has 0 unspecified atom stereocenters. The number of aromatic nitrogens is 2. The molecule has 0 aliphatic heterocycles. The molecule has 4 heteroatoms. The fourth-order valence-electron chi connectivity index (χ4n) is 1.65. The van der Waals surface area contributed by atoms with Crippen LogP contribution in [0.2, 0.25) is 0 Å². The smallest absolute Gasteiger partial charge is 0.0992 e. The Balaban J connectivity index is 1.88. The highest BCUT2D eigenvalue weighted by Crippen LogP contribution is 2.09. The summed E-state index contributed by atoms with van der Waals surface area (Å²) in [5.41, 5.74) is 2.86. The number of nitrogens with one attached hydrogen (secondary N) is 1. The molecule has 0 saturated carbocycles. The highest BCUT2D eigenvalue weighted by molar-refractivity contribution is 5.49. The van der Waals surface area contributed by atoms with Crippen molar-refractivity contribution >= 4 is 5.69 Å². The average molecular weight is 226 g/mol. The van der Waals surface area contributed by atoms with E-state index in [4.69, 9.17) is 5.26 Å². The van der Waals surface area contributed by atoms with Crippen LogP contribution in [0.25, 0.3) is 0 Å². The van der Waals surface area contributed by atoms with E-state index in [1.807, 2.05) is 37.6 Å². The van der Waals surface area contributed by atoms with Crippen LogP contribution >= 0.6 is 0 Å². The molecule has 0 bridgehead atoms. The van der Waals surface area contributed by atoms with E-state index in [2.05, 4.69) is 16.5 Å². The van der Waals surface area contributed by atoms with E-state index >= 15 is 0 Å². The highest BCUT2D eigenvalue weighted by Gasteiger charge is 1.97. The van der Waals surface area contributed by atoms with Gasteiger partial charge in [0.15, 0.2) is 0 Å². The van der Waals surface area contributed by atoms with Crippen molar-refractivity contribution in [1.29, 1.82) is 5.26 Å². The van der Waals surface area contributed by atoms with Gasteiger partial charge in [-0.2, -0.15) is 10.4 Å². The molecular formula is C13H14N4. The maximum atomic E-state index is 8.78. The summed E-state index contributed by atoms with van der Waals surface area (Å²) in [5.74, 6) is 0. The normalized spacial score (nSPS) is 9.88. The van der Waals surface area contributed by atoms with Gasteiger partial charge in [-0.05, 0) is 30.2 Å². The van der Waals surface area contributed by atoms with Crippen molar-refractivity contribution in [1.82, 2.24) is 9.78 Å². The topological polar surface area (TPSA) is 53.6 Å². The number of aryl methyl sites for hydroxylation is 1. The van der Waals surface area contributed by atoms with Crippen LogP contribution in [-0.2, 0) is 13.5 Å². The first kappa shape index (κ1) is 11.2. The summed E-state index contributed by atoms with van der Waals surface area (Å²) in [4.78, 5) is 0. The Hall–Kier alpha value is -2.28. The first-order chi connectivity index (χ1) is 8.28. The van der Waals surface area contributed by atoms with Crippen molar-refractivity contribution in [2.24, 2.45) is 7.05 Å². The quantitative estimate of drug-likeness (QED) is 0.866. The van der Waals surface area contributed by atoms with Crippen molar-refractivity contribution in [3.05, 3.63) is 47.8 Å². The maximum Gasteiger partial charge on any atom is 0.0992 e. The van der Waals surface area contributed by atoms with Gasteiger partial charge < -0.3 is 5.32 Å². The zero-order chi connectivity index (χ0) is 12.1. The summed E-state index contributed by atoms with van der Waals surface area (Å²) in [6.45, 7) is 0.834. The van der Waals surface area contributed by atoms with Gasteiger partial charge in [0.25, 0.3) is 0 Å². The van der Waals surface area contributed by atoms with Gasteiger partial charge in [0, 0.05) is 25.5 Å². The molecule has 1 aromatic carbocycles. The molecule has 0 radical (unpaired) electrons. The molecule has 1 N–H and O–H groups in total. The minimum Gasteiger partial charge on any atom is -0.385 e. The Morgan fingerprint density at radius 2 is 2.35 bits per heavy atom. The Bertz CT molecular complexity index is 536. The molecule has 0 amide bonds. The number of rotatable bonds is 4. The number of hydrogen-bond acceptors (Lipinski definition) is 3. The number of nitriles is 1. The van der Waals surface area contributed by atoms with Gasteiger partial charge in [-0.1, -0.05) is 6.07 Å². The zero-order valence-electron chi connectivity index (χ0n) is 9.72. The zero-order valence-corrected chi connectivity index (χ0v) is 9.72. The third kappa shape index (κ3) is 3.08.